The topological polar surface area (TPSA) is 79.3 Å². The number of carbonyl (C=O) groups excluding carboxylic acids is 1. The highest BCUT2D eigenvalue weighted by Crippen LogP contribution is 2.33. The van der Waals surface area contributed by atoms with Gasteiger partial charge in [0.25, 0.3) is 0 Å². The molecule has 5 nitrogen and oxygen atoms in total. The number of anilines is 1. The maximum atomic E-state index is 12.2. The molecule has 0 radical (unpaired) electrons. The second kappa shape index (κ2) is 5.38. The normalized spacial score (nSPS) is 22.2. The maximum absolute atomic E-state index is 12.2. The van der Waals surface area contributed by atoms with Crippen LogP contribution in [-0.2, 0) is 9.59 Å². The Hall–Kier alpha value is -1.91. The Bertz CT molecular complexity index is 513. The van der Waals surface area contributed by atoms with Crippen molar-refractivity contribution in [1.82, 2.24) is 4.98 Å². The number of nitrogens with one attached hydrogen (secondary N) is 1. The highest BCUT2D eigenvalue weighted by molar-refractivity contribution is 5.95. The molecule has 1 fully saturated rings. The zero-order valence-corrected chi connectivity index (χ0v) is 11.1. The number of amides is 1. The maximum Gasteiger partial charge on any atom is 0.307 e. The zero-order valence-electron chi connectivity index (χ0n) is 11.1. The minimum absolute atomic E-state index is 0.210. The number of pyridine rings is 1. The highest BCUT2D eigenvalue weighted by atomic mass is 16.4. The van der Waals surface area contributed by atoms with E-state index >= 15 is 0 Å². The van der Waals surface area contributed by atoms with Crippen LogP contribution in [0.3, 0.4) is 0 Å². The molecule has 1 heterocycles. The summed E-state index contributed by atoms with van der Waals surface area (Å²) in [5.74, 6) is -2.08. The number of aryl methyl sites for hydroxylation is 2. The number of nitrogens with zero attached hydrogens (tertiary/aromatic N) is 1. The molecule has 0 aromatic carbocycles. The molecule has 0 aliphatic heterocycles. The summed E-state index contributed by atoms with van der Waals surface area (Å²) >= 11 is 0. The van der Waals surface area contributed by atoms with Crippen LogP contribution in [-0.4, -0.2) is 22.0 Å². The fourth-order valence-corrected chi connectivity index (χ4v) is 2.61. The van der Waals surface area contributed by atoms with E-state index in [0.29, 0.717) is 18.5 Å². The lowest BCUT2D eigenvalue weighted by Gasteiger charge is -2.16. The van der Waals surface area contributed by atoms with Crippen LogP contribution < -0.4 is 5.32 Å². The fourth-order valence-electron chi connectivity index (χ4n) is 2.61. The monoisotopic (exact) mass is 262 g/mol. The summed E-state index contributed by atoms with van der Waals surface area (Å²) in [6.45, 7) is 3.71. The van der Waals surface area contributed by atoms with E-state index in [1.807, 2.05) is 19.9 Å². The predicted molar refractivity (Wildman–Crippen MR) is 70.8 cm³/mol. The Morgan fingerprint density at radius 1 is 1.26 bits per heavy atom. The van der Waals surface area contributed by atoms with Crippen LogP contribution in [0.1, 0.15) is 30.7 Å². The third-order valence-electron chi connectivity index (χ3n) is 3.65. The summed E-state index contributed by atoms with van der Waals surface area (Å²) in [6, 6.07) is 3.63. The molecule has 2 N–H and O–H groups in total. The largest absolute Gasteiger partial charge is 0.481 e. The molecule has 1 saturated carbocycles. The van der Waals surface area contributed by atoms with Crippen molar-refractivity contribution in [2.45, 2.75) is 33.1 Å². The summed E-state index contributed by atoms with van der Waals surface area (Å²) in [4.78, 5) is 27.5. The van der Waals surface area contributed by atoms with E-state index in [0.717, 1.165) is 17.8 Å². The first-order valence-corrected chi connectivity index (χ1v) is 6.47. The van der Waals surface area contributed by atoms with Gasteiger partial charge in [-0.25, -0.2) is 0 Å². The predicted octanol–water partition coefficient (Wildman–Crippen LogP) is 2.14. The molecule has 5 heteroatoms. The lowest BCUT2D eigenvalue weighted by atomic mass is 9.95. The van der Waals surface area contributed by atoms with Gasteiger partial charge in [0, 0.05) is 5.69 Å². The molecule has 102 valence electrons. The van der Waals surface area contributed by atoms with E-state index in [9.17, 15) is 9.59 Å². The summed E-state index contributed by atoms with van der Waals surface area (Å²) < 4.78 is 0. The van der Waals surface area contributed by atoms with Crippen LogP contribution in [0.25, 0.3) is 0 Å². The van der Waals surface area contributed by atoms with Crippen LogP contribution in [0.5, 0.6) is 0 Å². The Morgan fingerprint density at radius 3 is 2.58 bits per heavy atom. The van der Waals surface area contributed by atoms with Crippen molar-refractivity contribution in [3.63, 3.8) is 0 Å². The van der Waals surface area contributed by atoms with Crippen LogP contribution in [0, 0.1) is 25.7 Å². The lowest BCUT2D eigenvalue weighted by molar-refractivity contribution is -0.145. The smallest absolute Gasteiger partial charge is 0.307 e. The molecule has 1 aliphatic carbocycles. The van der Waals surface area contributed by atoms with Crippen molar-refractivity contribution in [3.8, 4) is 0 Å². The standard InChI is InChI=1S/C14H18N2O3/c1-8-6-7-12(9(2)15-8)16-13(17)10-4-3-5-11(10)14(18)19/h6-7,10-11H,3-5H2,1-2H3,(H,16,17)(H,18,19). The van der Waals surface area contributed by atoms with Crippen LogP contribution in [0.15, 0.2) is 12.1 Å². The second-order valence-electron chi connectivity index (χ2n) is 5.06. The van der Waals surface area contributed by atoms with Gasteiger partial charge < -0.3 is 10.4 Å². The van der Waals surface area contributed by atoms with Gasteiger partial charge >= 0.3 is 5.97 Å². The van der Waals surface area contributed by atoms with Crippen molar-refractivity contribution in [2.75, 3.05) is 5.32 Å². The van der Waals surface area contributed by atoms with Gasteiger partial charge in [-0.15, -0.1) is 0 Å². The number of rotatable bonds is 3. The van der Waals surface area contributed by atoms with Gasteiger partial charge in [0.15, 0.2) is 0 Å². The number of aliphatic carboxylic acids is 1. The second-order valence-corrected chi connectivity index (χ2v) is 5.06. The Balaban J connectivity index is 2.10. The van der Waals surface area contributed by atoms with Crippen LogP contribution in [0.2, 0.25) is 0 Å². The van der Waals surface area contributed by atoms with E-state index in [1.165, 1.54) is 0 Å². The van der Waals surface area contributed by atoms with Crippen molar-refractivity contribution in [1.29, 1.82) is 0 Å². The van der Waals surface area contributed by atoms with E-state index in [1.54, 1.807) is 6.07 Å². The molecular formula is C14H18N2O3. The van der Waals surface area contributed by atoms with Gasteiger partial charge in [-0.05, 0) is 38.8 Å². The first-order chi connectivity index (χ1) is 8.99. The minimum Gasteiger partial charge on any atom is -0.481 e. The van der Waals surface area contributed by atoms with Gasteiger partial charge in [-0.2, -0.15) is 0 Å². The first-order valence-electron chi connectivity index (χ1n) is 6.47. The minimum atomic E-state index is -0.878. The van der Waals surface area contributed by atoms with Crippen molar-refractivity contribution in [2.24, 2.45) is 11.8 Å². The van der Waals surface area contributed by atoms with E-state index in [2.05, 4.69) is 10.3 Å². The lowest BCUT2D eigenvalue weighted by Crippen LogP contribution is -2.30. The van der Waals surface area contributed by atoms with Gasteiger partial charge in [0.1, 0.15) is 0 Å². The highest BCUT2D eigenvalue weighted by Gasteiger charge is 2.37. The van der Waals surface area contributed by atoms with Crippen molar-refractivity contribution < 1.29 is 14.7 Å². The molecule has 0 bridgehead atoms. The number of carboxylic acid groups (broad SMARTS) is 1. The molecule has 1 aromatic heterocycles. The number of carbonyl (C=O) groups is 2. The van der Waals surface area contributed by atoms with E-state index in [4.69, 9.17) is 5.11 Å². The number of carboxylic acids is 1. The molecule has 2 unspecified atom stereocenters. The number of aromatic nitrogens is 1. The molecule has 1 aliphatic rings. The molecule has 2 rings (SSSR count). The third kappa shape index (κ3) is 2.92. The average Bonchev–Trinajstić information content (AvgIpc) is 2.82. The summed E-state index contributed by atoms with van der Waals surface area (Å²) in [5.41, 5.74) is 2.30. The average molecular weight is 262 g/mol. The molecular weight excluding hydrogens is 244 g/mol. The molecule has 19 heavy (non-hydrogen) atoms. The van der Waals surface area contributed by atoms with Gasteiger partial charge in [-0.3, -0.25) is 14.6 Å². The zero-order chi connectivity index (χ0) is 14.0. The third-order valence-corrected chi connectivity index (χ3v) is 3.65. The quantitative estimate of drug-likeness (QED) is 0.874. The molecule has 0 spiro atoms. The number of hydrogen-bond donors (Lipinski definition) is 2. The van der Waals surface area contributed by atoms with E-state index in [-0.39, 0.29) is 5.91 Å². The molecule has 1 amide bonds. The molecule has 2 atom stereocenters. The van der Waals surface area contributed by atoms with Crippen LogP contribution >= 0.6 is 0 Å². The van der Waals surface area contributed by atoms with E-state index < -0.39 is 17.8 Å². The Labute approximate surface area is 112 Å². The Kier molecular flexibility index (Phi) is 3.83. The van der Waals surface area contributed by atoms with Gasteiger partial charge in [0.05, 0.1) is 23.2 Å². The summed E-state index contributed by atoms with van der Waals surface area (Å²) in [5, 5.41) is 11.9. The number of hydrogen-bond acceptors (Lipinski definition) is 3. The van der Waals surface area contributed by atoms with Crippen molar-refractivity contribution >= 4 is 17.6 Å². The summed E-state index contributed by atoms with van der Waals surface area (Å²) in [6.07, 6.45) is 2.01. The fraction of sp³-hybridized carbons (Fsp3) is 0.500. The first kappa shape index (κ1) is 13.5. The van der Waals surface area contributed by atoms with Crippen LogP contribution in [0.4, 0.5) is 5.69 Å². The Morgan fingerprint density at radius 2 is 1.95 bits per heavy atom. The van der Waals surface area contributed by atoms with Gasteiger partial charge in [-0.1, -0.05) is 6.42 Å². The van der Waals surface area contributed by atoms with Crippen molar-refractivity contribution in [3.05, 3.63) is 23.5 Å². The molecule has 1 aromatic rings. The van der Waals surface area contributed by atoms with Gasteiger partial charge in [0.2, 0.25) is 5.91 Å². The molecule has 0 saturated heterocycles. The summed E-state index contributed by atoms with van der Waals surface area (Å²) in [7, 11) is 0. The SMILES string of the molecule is Cc1ccc(NC(=O)C2CCCC2C(=O)O)c(C)n1.